The molecule has 6 nitrogen and oxygen atoms in total. The quantitative estimate of drug-likeness (QED) is 0.110. The van der Waals surface area contributed by atoms with Crippen LogP contribution in [-0.4, -0.2) is 41.1 Å². The maximum atomic E-state index is 13.7. The topological polar surface area (TPSA) is 91.1 Å². The fourth-order valence-electron chi connectivity index (χ4n) is 5.43. The molecule has 12 heteroatoms. The summed E-state index contributed by atoms with van der Waals surface area (Å²) in [5, 5.41) is 26.5. The number of aliphatic carboxylic acids is 1. The molecule has 0 bridgehead atoms. The van der Waals surface area contributed by atoms with Crippen LogP contribution in [0.5, 0.6) is 0 Å². The van der Waals surface area contributed by atoms with Gasteiger partial charge in [0.05, 0.1) is 29.0 Å². The van der Waals surface area contributed by atoms with Gasteiger partial charge in [-0.15, -0.1) is 0 Å². The Kier molecular flexibility index (Phi) is 12.3. The minimum Gasteiger partial charge on any atom is -0.861 e. The number of carbonyl (C=O) groups excluding carboxylic acids is 1. The molecule has 0 saturated carbocycles. The summed E-state index contributed by atoms with van der Waals surface area (Å²) in [4.78, 5) is 23.5. The average Bonchev–Trinajstić information content (AvgIpc) is 3.49. The smallest absolute Gasteiger partial charge is 0.861 e. The third kappa shape index (κ3) is 9.23. The Morgan fingerprint density at radius 3 is 2.23 bits per heavy atom. The van der Waals surface area contributed by atoms with E-state index in [1.54, 1.807) is 36.4 Å². The van der Waals surface area contributed by atoms with Gasteiger partial charge in [0, 0.05) is 40.2 Å². The number of carboxylic acids is 1. The van der Waals surface area contributed by atoms with Crippen molar-refractivity contribution in [3.8, 4) is 0 Å². The molecule has 0 aliphatic carbocycles. The second-order valence-corrected chi connectivity index (χ2v) is 11.8. The molecule has 1 aliphatic heterocycles. The maximum Gasteiger partial charge on any atom is 2.00 e. The molecule has 1 fully saturated rings. The summed E-state index contributed by atoms with van der Waals surface area (Å²) in [6, 6.07) is 23.3. The van der Waals surface area contributed by atoms with Gasteiger partial charge in [-0.25, -0.2) is 0 Å². The largest absolute Gasteiger partial charge is 2.00 e. The second kappa shape index (κ2) is 15.9. The van der Waals surface area contributed by atoms with Gasteiger partial charge < -0.3 is 15.0 Å². The van der Waals surface area contributed by atoms with Crippen LogP contribution in [-0.2, 0) is 40.4 Å². The minimum absolute atomic E-state index is 0. The van der Waals surface area contributed by atoms with Gasteiger partial charge in [-0.2, -0.15) is 13.2 Å². The first-order chi connectivity index (χ1) is 22.0. The van der Waals surface area contributed by atoms with Crippen LogP contribution in [0.25, 0.3) is 0 Å². The molecule has 0 unspecified atom stereocenters. The zero-order chi connectivity index (χ0) is 32.8. The van der Waals surface area contributed by atoms with Gasteiger partial charge in [0.15, 0.2) is 0 Å². The number of carbonyl (C=O) groups is 1. The molecule has 47 heavy (non-hydrogen) atoms. The Balaban J connectivity index is 0.00000500. The van der Waals surface area contributed by atoms with Gasteiger partial charge in [-0.1, -0.05) is 83.9 Å². The number of aliphatic imine (C=N–C) groups is 2. The van der Waals surface area contributed by atoms with Crippen LogP contribution >= 0.6 is 23.2 Å². The summed E-state index contributed by atoms with van der Waals surface area (Å²) in [6.07, 6.45) is -3.35. The third-order valence-electron chi connectivity index (χ3n) is 7.72. The van der Waals surface area contributed by atoms with Crippen LogP contribution in [0.1, 0.15) is 40.7 Å². The van der Waals surface area contributed by atoms with E-state index in [2.05, 4.69) is 14.9 Å². The van der Waals surface area contributed by atoms with Crippen LogP contribution in [0.4, 0.5) is 18.9 Å². The van der Waals surface area contributed by atoms with Crippen molar-refractivity contribution in [2.24, 2.45) is 9.98 Å². The predicted octanol–water partition coefficient (Wildman–Crippen LogP) is 6.26. The van der Waals surface area contributed by atoms with Gasteiger partial charge >= 0.3 is 22.7 Å². The summed E-state index contributed by atoms with van der Waals surface area (Å²) >= 11 is 13.0. The third-order valence-corrected chi connectivity index (χ3v) is 8.28. The number of rotatable bonds is 10. The van der Waals surface area contributed by atoms with E-state index in [1.165, 1.54) is 18.2 Å². The SMILES string of the molecule is O=C([O-])[C@H](Cc1ccc(C(F)(F)F)cc1)N=C(c1ccccc1Cl)c1cc(Cl)ccc1N=C([O-])[C@@H]1CCCN1Cc1ccccc1.[Ni+2]. The Morgan fingerprint density at radius 2 is 1.57 bits per heavy atom. The van der Waals surface area contributed by atoms with Crippen LogP contribution in [0, 0.1) is 0 Å². The van der Waals surface area contributed by atoms with E-state index in [4.69, 9.17) is 23.2 Å². The van der Waals surface area contributed by atoms with Crippen LogP contribution in [0.3, 0.4) is 0 Å². The molecule has 0 aromatic heterocycles. The fraction of sp³-hybridized carbons (Fsp3) is 0.229. The van der Waals surface area contributed by atoms with Gasteiger partial charge in [0.25, 0.3) is 0 Å². The van der Waals surface area contributed by atoms with Crippen molar-refractivity contribution < 1.29 is 44.7 Å². The number of likely N-dealkylation sites (tertiary alicyclic amines) is 1. The second-order valence-electron chi connectivity index (χ2n) is 10.9. The molecular formula is C35H28Cl2F3N3NiO3. The molecular weight excluding hydrogens is 697 g/mol. The van der Waals surface area contributed by atoms with E-state index in [0.29, 0.717) is 24.1 Å². The van der Waals surface area contributed by atoms with Crippen molar-refractivity contribution in [1.29, 1.82) is 0 Å². The molecule has 0 radical (unpaired) electrons. The Morgan fingerprint density at radius 1 is 0.894 bits per heavy atom. The molecule has 4 aromatic rings. The Bertz CT molecular complexity index is 1750. The van der Waals surface area contributed by atoms with Crippen LogP contribution < -0.4 is 10.2 Å². The van der Waals surface area contributed by atoms with Crippen molar-refractivity contribution in [2.75, 3.05) is 6.54 Å². The van der Waals surface area contributed by atoms with Crippen molar-refractivity contribution in [2.45, 2.75) is 44.1 Å². The first kappa shape index (κ1) is 36.2. The molecule has 2 atom stereocenters. The van der Waals surface area contributed by atoms with E-state index < -0.39 is 29.8 Å². The first-order valence-electron chi connectivity index (χ1n) is 14.5. The number of halogens is 5. The van der Waals surface area contributed by atoms with Gasteiger partial charge in [-0.3, -0.25) is 14.9 Å². The number of alkyl halides is 3. The molecule has 1 heterocycles. The van der Waals surface area contributed by atoms with E-state index in [1.807, 2.05) is 30.3 Å². The summed E-state index contributed by atoms with van der Waals surface area (Å²) in [6.45, 7) is 1.32. The Labute approximate surface area is 290 Å². The summed E-state index contributed by atoms with van der Waals surface area (Å²) in [5.74, 6) is -1.92. The molecule has 246 valence electrons. The monoisotopic (exact) mass is 723 g/mol. The van der Waals surface area contributed by atoms with Gasteiger partial charge in [0.2, 0.25) is 0 Å². The molecule has 4 aromatic carbocycles. The Hall–Kier alpha value is -3.69. The van der Waals surface area contributed by atoms with Crippen molar-refractivity contribution in [3.05, 3.63) is 135 Å². The normalized spacial score (nSPS) is 16.5. The zero-order valence-corrected chi connectivity index (χ0v) is 27.2. The van der Waals surface area contributed by atoms with Crippen LogP contribution in [0.15, 0.2) is 107 Å². The van der Waals surface area contributed by atoms with Crippen molar-refractivity contribution in [1.82, 2.24) is 4.90 Å². The number of benzene rings is 4. The first-order valence-corrected chi connectivity index (χ1v) is 15.3. The van der Waals surface area contributed by atoms with E-state index in [0.717, 1.165) is 30.7 Å². The molecule has 0 spiro atoms. The van der Waals surface area contributed by atoms with Crippen molar-refractivity contribution in [3.63, 3.8) is 0 Å². The summed E-state index contributed by atoms with van der Waals surface area (Å²) in [5.41, 5.74) is 1.43. The molecule has 1 aliphatic rings. The average molecular weight is 725 g/mol. The molecule has 5 rings (SSSR count). The van der Waals surface area contributed by atoms with E-state index >= 15 is 0 Å². The number of hydrogen-bond donors (Lipinski definition) is 0. The molecule has 0 N–H and O–H groups in total. The zero-order valence-electron chi connectivity index (χ0n) is 24.7. The summed E-state index contributed by atoms with van der Waals surface area (Å²) in [7, 11) is 0. The molecule has 0 amide bonds. The van der Waals surface area contributed by atoms with E-state index in [-0.39, 0.29) is 55.8 Å². The molecule has 1 saturated heterocycles. The number of hydrogen-bond acceptors (Lipinski definition) is 6. The van der Waals surface area contributed by atoms with Gasteiger partial charge in [0.1, 0.15) is 0 Å². The van der Waals surface area contributed by atoms with Crippen LogP contribution in [0.2, 0.25) is 10.0 Å². The standard InChI is InChI=1S/C35H30Cl2F3N3O3.Ni/c36-25-16-17-29(42-33(44)31-11-6-18-43(31)21-23-7-2-1-3-8-23)27(20-25)32(26-9-4-5-10-28(26)37)41-30(34(45)46)19-22-12-14-24(15-13-22)35(38,39)40;/h1-5,7-10,12-17,20,30-31H,6,11,18-19,21H2,(H,42,44)(H,45,46);/q;+2/p-2/t30-,31-;/m0./s1. The number of nitrogens with zero attached hydrogens (tertiary/aromatic N) is 3. The summed E-state index contributed by atoms with van der Waals surface area (Å²) < 4.78 is 39.3. The van der Waals surface area contributed by atoms with Gasteiger partial charge in [-0.05, 0) is 72.8 Å². The van der Waals surface area contributed by atoms with E-state index in [9.17, 15) is 28.2 Å². The van der Waals surface area contributed by atoms with Crippen molar-refractivity contribution >= 4 is 46.5 Å². The minimum atomic E-state index is -4.54. The predicted molar refractivity (Wildman–Crippen MR) is 169 cm³/mol. The number of carboxylic acid groups (broad SMARTS) is 1. The maximum absolute atomic E-state index is 13.7. The fourth-order valence-corrected chi connectivity index (χ4v) is 5.83.